The molecule has 36 heavy (non-hydrogen) atoms. The molecule has 192 valence electrons. The fourth-order valence-electron chi connectivity index (χ4n) is 5.37. The number of anilines is 2. The monoisotopic (exact) mass is 491 g/mol. The Morgan fingerprint density at radius 2 is 1.94 bits per heavy atom. The predicted molar refractivity (Wildman–Crippen MR) is 141 cm³/mol. The van der Waals surface area contributed by atoms with Crippen molar-refractivity contribution in [2.45, 2.75) is 71.3 Å². The number of hydrogen-bond acceptors (Lipinski definition) is 7. The van der Waals surface area contributed by atoms with Gasteiger partial charge in [-0.15, -0.1) is 5.10 Å². The minimum Gasteiger partial charge on any atom is -0.481 e. The highest BCUT2D eigenvalue weighted by Crippen LogP contribution is 2.37. The highest BCUT2D eigenvalue weighted by molar-refractivity contribution is 5.74. The molecular weight excluding hydrogens is 454 g/mol. The van der Waals surface area contributed by atoms with Gasteiger partial charge in [-0.05, 0) is 76.9 Å². The Balaban J connectivity index is 1.65. The normalized spacial score (nSPS) is 15.1. The number of nitrogens with two attached hydrogens (primary N) is 2. The molecule has 1 aliphatic carbocycles. The minimum absolute atomic E-state index is 0.0417. The lowest BCUT2D eigenvalue weighted by molar-refractivity contribution is -0.137. The molecule has 0 aliphatic heterocycles. The maximum Gasteiger partial charge on any atom is 0.304 e. The van der Waals surface area contributed by atoms with Gasteiger partial charge in [0.2, 0.25) is 0 Å². The van der Waals surface area contributed by atoms with Gasteiger partial charge < -0.3 is 15.8 Å². The van der Waals surface area contributed by atoms with Crippen LogP contribution >= 0.6 is 0 Å². The lowest BCUT2D eigenvalue weighted by atomic mass is 9.83. The van der Waals surface area contributed by atoms with Crippen LogP contribution < -0.4 is 16.6 Å². The van der Waals surface area contributed by atoms with Crippen LogP contribution in [0.25, 0.3) is 0 Å². The summed E-state index contributed by atoms with van der Waals surface area (Å²) >= 11 is 0. The second-order valence-corrected chi connectivity index (χ2v) is 10.1. The second-order valence-electron chi connectivity index (χ2n) is 10.1. The molecule has 0 spiro atoms. The molecule has 2 aromatic carbocycles. The van der Waals surface area contributed by atoms with Gasteiger partial charge in [0.15, 0.2) is 5.82 Å². The maximum atomic E-state index is 11.9. The first kappa shape index (κ1) is 25.6. The SMILES string of the molecule is Cc1ccc(C(CC(=O)O)c2ccc(N(C)N)c(N)c2C)cc1Cc1nnnn1CC1CCCCC1. The zero-order chi connectivity index (χ0) is 25.8. The molecule has 1 heterocycles. The lowest BCUT2D eigenvalue weighted by Gasteiger charge is -2.24. The number of benzene rings is 2. The molecule has 1 unspecified atom stereocenters. The van der Waals surface area contributed by atoms with E-state index >= 15 is 0 Å². The predicted octanol–water partition coefficient (Wildman–Crippen LogP) is 3.96. The molecule has 4 rings (SSSR count). The Morgan fingerprint density at radius 3 is 2.64 bits per heavy atom. The van der Waals surface area contributed by atoms with Crippen molar-refractivity contribution < 1.29 is 9.90 Å². The highest BCUT2D eigenvalue weighted by Gasteiger charge is 2.23. The van der Waals surface area contributed by atoms with Gasteiger partial charge in [-0.25, -0.2) is 10.5 Å². The summed E-state index contributed by atoms with van der Waals surface area (Å²) in [5, 5.41) is 23.8. The van der Waals surface area contributed by atoms with Gasteiger partial charge in [-0.1, -0.05) is 43.5 Å². The van der Waals surface area contributed by atoms with Gasteiger partial charge >= 0.3 is 5.97 Å². The number of carboxylic acid groups (broad SMARTS) is 1. The lowest BCUT2D eigenvalue weighted by Crippen LogP contribution is -2.26. The van der Waals surface area contributed by atoms with E-state index in [1.165, 1.54) is 37.1 Å². The molecular formula is C27H37N7O2. The van der Waals surface area contributed by atoms with Crippen LogP contribution in [0.1, 0.15) is 78.1 Å². The molecule has 9 nitrogen and oxygen atoms in total. The summed E-state index contributed by atoms with van der Waals surface area (Å²) in [6, 6.07) is 9.94. The van der Waals surface area contributed by atoms with Crippen molar-refractivity contribution in [2.24, 2.45) is 11.8 Å². The number of rotatable bonds is 9. The fraction of sp³-hybridized carbons (Fsp3) is 0.481. The number of aliphatic carboxylic acids is 1. The molecule has 1 aromatic heterocycles. The number of carbonyl (C=O) groups is 1. The van der Waals surface area contributed by atoms with Crippen LogP contribution in [0.5, 0.6) is 0 Å². The van der Waals surface area contributed by atoms with Crippen LogP contribution in [0.4, 0.5) is 11.4 Å². The second kappa shape index (κ2) is 11.1. The zero-order valence-electron chi connectivity index (χ0n) is 21.4. The van der Waals surface area contributed by atoms with Gasteiger partial charge in [-0.3, -0.25) is 4.79 Å². The number of aryl methyl sites for hydroxylation is 1. The average Bonchev–Trinajstić information content (AvgIpc) is 3.27. The number of nitrogen functional groups attached to an aromatic ring is 1. The van der Waals surface area contributed by atoms with Crippen LogP contribution in [0.3, 0.4) is 0 Å². The van der Waals surface area contributed by atoms with Gasteiger partial charge in [0.25, 0.3) is 0 Å². The first-order chi connectivity index (χ1) is 17.2. The molecule has 1 saturated carbocycles. The van der Waals surface area contributed by atoms with E-state index in [4.69, 9.17) is 11.6 Å². The Labute approximate surface area is 212 Å². The Hall–Kier alpha value is -3.46. The maximum absolute atomic E-state index is 11.9. The van der Waals surface area contributed by atoms with Crippen molar-refractivity contribution in [3.8, 4) is 0 Å². The third kappa shape index (κ3) is 5.67. The van der Waals surface area contributed by atoms with E-state index in [1.807, 2.05) is 29.8 Å². The van der Waals surface area contributed by atoms with Crippen LogP contribution in [-0.4, -0.2) is 38.3 Å². The third-order valence-electron chi connectivity index (χ3n) is 7.55. The standard InChI is InChI=1S/C27H37N7O2/c1-17-9-10-20(23(15-26(35)36)22-11-12-24(33(3)29)27(28)18(22)2)13-21(17)14-25-30-31-32-34(25)16-19-7-5-4-6-8-19/h9-13,19,23H,4-8,14-16,28-29H2,1-3H3,(H,35,36). The van der Waals surface area contributed by atoms with Gasteiger partial charge in [-0.2, -0.15) is 0 Å². The number of hydrogen-bond donors (Lipinski definition) is 3. The van der Waals surface area contributed by atoms with E-state index in [0.29, 0.717) is 23.7 Å². The third-order valence-corrected chi connectivity index (χ3v) is 7.55. The minimum atomic E-state index is -0.864. The summed E-state index contributed by atoms with van der Waals surface area (Å²) in [7, 11) is 1.73. The molecule has 0 saturated heterocycles. The molecule has 3 aromatic rings. The largest absolute Gasteiger partial charge is 0.481 e. The van der Waals surface area contributed by atoms with Crippen molar-refractivity contribution >= 4 is 17.3 Å². The summed E-state index contributed by atoms with van der Waals surface area (Å²) < 4.78 is 1.95. The first-order valence-electron chi connectivity index (χ1n) is 12.7. The number of nitrogens with zero attached hydrogens (tertiary/aromatic N) is 5. The van der Waals surface area contributed by atoms with Crippen molar-refractivity contribution in [3.05, 3.63) is 64.0 Å². The summed E-state index contributed by atoms with van der Waals surface area (Å²) in [6.45, 7) is 4.83. The van der Waals surface area contributed by atoms with E-state index in [1.54, 1.807) is 7.05 Å². The van der Waals surface area contributed by atoms with Gasteiger partial charge in [0, 0.05) is 25.9 Å². The Kier molecular flexibility index (Phi) is 7.88. The molecule has 1 atom stereocenters. The number of carboxylic acids is 1. The molecule has 0 bridgehead atoms. The number of hydrazine groups is 1. The zero-order valence-corrected chi connectivity index (χ0v) is 21.4. The summed E-state index contributed by atoms with van der Waals surface area (Å²) in [6.07, 6.45) is 6.88. The molecule has 0 amide bonds. The number of aromatic nitrogens is 4. The average molecular weight is 492 g/mol. The Bertz CT molecular complexity index is 1210. The van der Waals surface area contributed by atoms with Gasteiger partial charge in [0.1, 0.15) is 0 Å². The van der Waals surface area contributed by atoms with Crippen molar-refractivity contribution in [1.29, 1.82) is 0 Å². The van der Waals surface area contributed by atoms with E-state index in [2.05, 4.69) is 34.6 Å². The molecule has 5 N–H and O–H groups in total. The molecule has 1 aliphatic rings. The Morgan fingerprint density at radius 1 is 1.19 bits per heavy atom. The van der Waals surface area contributed by atoms with E-state index in [9.17, 15) is 9.90 Å². The van der Waals surface area contributed by atoms with Crippen LogP contribution in [-0.2, 0) is 17.8 Å². The van der Waals surface area contributed by atoms with Gasteiger partial charge in [0.05, 0.1) is 17.8 Å². The molecule has 0 radical (unpaired) electrons. The summed E-state index contributed by atoms with van der Waals surface area (Å²) in [4.78, 5) is 11.9. The first-order valence-corrected chi connectivity index (χ1v) is 12.7. The van der Waals surface area contributed by atoms with Crippen LogP contribution in [0.2, 0.25) is 0 Å². The smallest absolute Gasteiger partial charge is 0.304 e. The van der Waals surface area contributed by atoms with Crippen molar-refractivity contribution in [1.82, 2.24) is 20.2 Å². The summed E-state index contributed by atoms with van der Waals surface area (Å²) in [5.74, 6) is 6.16. The fourth-order valence-corrected chi connectivity index (χ4v) is 5.37. The molecule has 9 heteroatoms. The van der Waals surface area contributed by atoms with E-state index < -0.39 is 5.97 Å². The van der Waals surface area contributed by atoms with Crippen LogP contribution in [0, 0.1) is 19.8 Å². The van der Waals surface area contributed by atoms with Crippen LogP contribution in [0.15, 0.2) is 30.3 Å². The topological polar surface area (TPSA) is 136 Å². The number of tetrazole rings is 1. The van der Waals surface area contributed by atoms with Crippen molar-refractivity contribution in [2.75, 3.05) is 17.8 Å². The highest BCUT2D eigenvalue weighted by atomic mass is 16.4. The van der Waals surface area contributed by atoms with Crippen molar-refractivity contribution in [3.63, 3.8) is 0 Å². The van der Waals surface area contributed by atoms with E-state index in [-0.39, 0.29) is 12.3 Å². The van der Waals surface area contributed by atoms with E-state index in [0.717, 1.165) is 40.2 Å². The summed E-state index contributed by atoms with van der Waals surface area (Å²) in [5.41, 5.74) is 12.5. The molecule has 1 fully saturated rings. The quantitative estimate of drug-likeness (QED) is 0.232.